The predicted molar refractivity (Wildman–Crippen MR) is 63.3 cm³/mol. The highest BCUT2D eigenvalue weighted by Gasteiger charge is 2.39. The second-order valence-corrected chi connectivity index (χ2v) is 4.70. The molecule has 3 unspecified atom stereocenters. The van der Waals surface area contributed by atoms with Crippen molar-refractivity contribution < 1.29 is 14.9 Å². The van der Waals surface area contributed by atoms with E-state index in [1.54, 1.807) is 0 Å². The van der Waals surface area contributed by atoms with Crippen LogP contribution in [0.25, 0.3) is 10.4 Å². The summed E-state index contributed by atoms with van der Waals surface area (Å²) in [6.45, 7) is 4.34. The summed E-state index contributed by atoms with van der Waals surface area (Å²) in [5.74, 6) is 0.244. The molecule has 1 fully saturated rings. The fraction of sp³-hybridized carbons (Fsp3) is 1.00. The van der Waals surface area contributed by atoms with Gasteiger partial charge in [0.05, 0.1) is 24.9 Å². The number of hydrogen-bond donors (Lipinski definition) is 2. The highest BCUT2D eigenvalue weighted by atomic mass is 16.5. The fourth-order valence-electron chi connectivity index (χ4n) is 2.27. The summed E-state index contributed by atoms with van der Waals surface area (Å²) in [5, 5.41) is 22.7. The van der Waals surface area contributed by atoms with E-state index in [9.17, 15) is 10.2 Å². The van der Waals surface area contributed by atoms with Crippen LogP contribution in [0.4, 0.5) is 0 Å². The first-order valence-corrected chi connectivity index (χ1v) is 6.07. The van der Waals surface area contributed by atoms with E-state index in [4.69, 9.17) is 10.3 Å². The lowest BCUT2D eigenvalue weighted by atomic mass is 9.80. The van der Waals surface area contributed by atoms with Crippen LogP contribution >= 0.6 is 0 Å². The maximum Gasteiger partial charge on any atom is 0.0841 e. The summed E-state index contributed by atoms with van der Waals surface area (Å²) in [7, 11) is 0. The van der Waals surface area contributed by atoms with E-state index in [0.29, 0.717) is 19.4 Å². The van der Waals surface area contributed by atoms with Crippen molar-refractivity contribution in [3.8, 4) is 0 Å². The molecule has 1 saturated heterocycles. The van der Waals surface area contributed by atoms with Crippen molar-refractivity contribution >= 4 is 0 Å². The zero-order valence-electron chi connectivity index (χ0n) is 10.4. The topological polar surface area (TPSA) is 98.5 Å². The molecule has 17 heavy (non-hydrogen) atoms. The first-order valence-electron chi connectivity index (χ1n) is 6.07. The Bertz CT molecular complexity index is 279. The van der Waals surface area contributed by atoms with E-state index < -0.39 is 6.10 Å². The number of aliphatic hydroxyl groups is 2. The molecular weight excluding hydrogens is 222 g/mol. The maximum atomic E-state index is 10.1. The molecule has 2 N–H and O–H groups in total. The Morgan fingerprint density at radius 3 is 2.59 bits per heavy atom. The van der Waals surface area contributed by atoms with E-state index in [-0.39, 0.29) is 30.7 Å². The fourth-order valence-corrected chi connectivity index (χ4v) is 2.27. The number of aliphatic hydroxyl groups excluding tert-OH is 2. The largest absolute Gasteiger partial charge is 0.394 e. The van der Waals surface area contributed by atoms with Crippen molar-refractivity contribution in [2.45, 2.75) is 45.0 Å². The van der Waals surface area contributed by atoms with Crippen LogP contribution < -0.4 is 0 Å². The van der Waals surface area contributed by atoms with Gasteiger partial charge in [-0.15, -0.1) is 0 Å². The molecule has 1 heterocycles. The normalized spacial score (nSPS) is 37.5. The average Bonchev–Trinajstić information content (AvgIpc) is 2.34. The Labute approximate surface area is 101 Å². The summed E-state index contributed by atoms with van der Waals surface area (Å²) < 4.78 is 5.68. The predicted octanol–water partition coefficient (Wildman–Crippen LogP) is 1.47. The van der Waals surface area contributed by atoms with Gasteiger partial charge in [-0.1, -0.05) is 19.0 Å². The van der Waals surface area contributed by atoms with Crippen LogP contribution in [-0.4, -0.2) is 41.7 Å². The molecule has 0 bridgehead atoms. The lowest BCUT2D eigenvalue weighted by molar-refractivity contribution is -0.180. The van der Waals surface area contributed by atoms with Gasteiger partial charge in [0.25, 0.3) is 0 Å². The Kier molecular flexibility index (Phi) is 5.71. The number of nitrogens with zero attached hydrogens (tertiary/aromatic N) is 3. The standard InChI is InChI=1S/C11H21N3O3/c1-7-8(2)11(16)9(17-10(7)6-15)4-3-5-13-14-12/h7-11,15-16H,3-6H2,1-2H3/t7-,8?,9+,10?,11?/m0/s1. The van der Waals surface area contributed by atoms with Crippen molar-refractivity contribution in [2.75, 3.05) is 13.2 Å². The summed E-state index contributed by atoms with van der Waals surface area (Å²) in [6.07, 6.45) is 0.336. The van der Waals surface area contributed by atoms with Gasteiger partial charge in [-0.05, 0) is 30.2 Å². The van der Waals surface area contributed by atoms with E-state index in [1.807, 2.05) is 13.8 Å². The molecular formula is C11H21N3O3. The molecule has 0 spiro atoms. The Balaban J connectivity index is 2.50. The van der Waals surface area contributed by atoms with Crippen molar-refractivity contribution in [3.05, 3.63) is 10.4 Å². The Hall–Kier alpha value is -0.810. The molecule has 1 aliphatic rings. The minimum absolute atomic E-state index is 0.0227. The smallest absolute Gasteiger partial charge is 0.0841 e. The van der Waals surface area contributed by atoms with E-state index in [1.165, 1.54) is 0 Å². The van der Waals surface area contributed by atoms with Crippen LogP contribution in [0.1, 0.15) is 26.7 Å². The molecule has 1 aliphatic heterocycles. The van der Waals surface area contributed by atoms with Crippen molar-refractivity contribution in [1.82, 2.24) is 0 Å². The Morgan fingerprint density at radius 2 is 2.00 bits per heavy atom. The molecule has 0 aliphatic carbocycles. The molecule has 1 rings (SSSR count). The molecule has 5 atom stereocenters. The molecule has 0 saturated carbocycles. The minimum atomic E-state index is -0.515. The van der Waals surface area contributed by atoms with Gasteiger partial charge in [-0.2, -0.15) is 0 Å². The van der Waals surface area contributed by atoms with Crippen LogP contribution in [0.3, 0.4) is 0 Å². The molecule has 98 valence electrons. The molecule has 6 heteroatoms. The van der Waals surface area contributed by atoms with Crippen molar-refractivity contribution in [2.24, 2.45) is 17.0 Å². The number of hydrogen-bond acceptors (Lipinski definition) is 4. The quantitative estimate of drug-likeness (QED) is 0.331. The summed E-state index contributed by atoms with van der Waals surface area (Å²) in [4.78, 5) is 2.68. The van der Waals surface area contributed by atoms with Crippen LogP contribution in [0.15, 0.2) is 5.11 Å². The highest BCUT2D eigenvalue weighted by Crippen LogP contribution is 2.32. The number of ether oxygens (including phenoxy) is 1. The maximum absolute atomic E-state index is 10.1. The van der Waals surface area contributed by atoms with Gasteiger partial charge >= 0.3 is 0 Å². The third kappa shape index (κ3) is 3.57. The van der Waals surface area contributed by atoms with E-state index in [2.05, 4.69) is 10.0 Å². The van der Waals surface area contributed by atoms with Crippen molar-refractivity contribution in [3.63, 3.8) is 0 Å². The summed E-state index contributed by atoms with van der Waals surface area (Å²) >= 11 is 0. The first kappa shape index (κ1) is 14.3. The second-order valence-electron chi connectivity index (χ2n) is 4.70. The number of rotatable bonds is 5. The first-order chi connectivity index (χ1) is 8.11. The zero-order valence-corrected chi connectivity index (χ0v) is 10.4. The summed E-state index contributed by atoms with van der Waals surface area (Å²) in [6, 6.07) is 0. The summed E-state index contributed by atoms with van der Waals surface area (Å²) in [5.41, 5.74) is 8.16. The van der Waals surface area contributed by atoms with Crippen molar-refractivity contribution in [1.29, 1.82) is 0 Å². The lowest BCUT2D eigenvalue weighted by Gasteiger charge is -2.42. The van der Waals surface area contributed by atoms with Gasteiger partial charge in [-0.3, -0.25) is 0 Å². The van der Waals surface area contributed by atoms with Gasteiger partial charge in [0, 0.05) is 11.5 Å². The lowest BCUT2D eigenvalue weighted by Crippen LogP contribution is -2.50. The zero-order chi connectivity index (χ0) is 12.8. The van der Waals surface area contributed by atoms with Gasteiger partial charge in [-0.25, -0.2) is 0 Å². The van der Waals surface area contributed by atoms with Gasteiger partial charge in [0.1, 0.15) is 0 Å². The SMILES string of the molecule is CC1C(O)[C@@H](CCCN=[N+]=[N-])OC(CO)[C@H]1C. The molecule has 0 aromatic heterocycles. The molecule has 0 amide bonds. The van der Waals surface area contributed by atoms with Gasteiger partial charge in [0.15, 0.2) is 0 Å². The Morgan fingerprint density at radius 1 is 1.29 bits per heavy atom. The second kappa shape index (κ2) is 6.81. The third-order valence-corrected chi connectivity index (χ3v) is 3.67. The molecule has 0 aromatic carbocycles. The van der Waals surface area contributed by atoms with E-state index in [0.717, 1.165) is 0 Å². The van der Waals surface area contributed by atoms with Crippen LogP contribution in [0.5, 0.6) is 0 Å². The average molecular weight is 243 g/mol. The minimum Gasteiger partial charge on any atom is -0.394 e. The molecule has 0 aromatic rings. The van der Waals surface area contributed by atoms with Crippen LogP contribution in [0.2, 0.25) is 0 Å². The van der Waals surface area contributed by atoms with E-state index >= 15 is 0 Å². The molecule has 6 nitrogen and oxygen atoms in total. The van der Waals surface area contributed by atoms with Crippen LogP contribution in [-0.2, 0) is 4.74 Å². The number of azide groups is 1. The highest BCUT2D eigenvalue weighted by molar-refractivity contribution is 4.87. The monoisotopic (exact) mass is 243 g/mol. The molecule has 0 radical (unpaired) electrons. The third-order valence-electron chi connectivity index (χ3n) is 3.67. The van der Waals surface area contributed by atoms with Gasteiger partial charge in [0.2, 0.25) is 0 Å². The van der Waals surface area contributed by atoms with Crippen LogP contribution in [0, 0.1) is 11.8 Å². The van der Waals surface area contributed by atoms with Gasteiger partial charge < -0.3 is 14.9 Å².